The molecule has 2 N–H and O–H groups in total. The van der Waals surface area contributed by atoms with Crippen molar-refractivity contribution in [3.63, 3.8) is 0 Å². The fourth-order valence-electron chi connectivity index (χ4n) is 1.86. The average molecular weight is 298 g/mol. The van der Waals surface area contributed by atoms with Gasteiger partial charge in [-0.25, -0.2) is 0 Å². The zero-order chi connectivity index (χ0) is 16.7. The SMILES string of the molecule is C=C(C)C(=O)NC(C)(C)CC[N+](C)(C)CCC(=O)NCC. The molecular formula is C16H32N3O2+. The average Bonchev–Trinajstić information content (AvgIpc) is 2.34. The Hall–Kier alpha value is -1.36. The van der Waals surface area contributed by atoms with Gasteiger partial charge in [-0.1, -0.05) is 6.58 Å². The fourth-order valence-corrected chi connectivity index (χ4v) is 1.86. The third kappa shape index (κ3) is 9.24. The van der Waals surface area contributed by atoms with E-state index in [1.807, 2.05) is 20.8 Å². The normalized spacial score (nSPS) is 11.9. The van der Waals surface area contributed by atoms with Crippen LogP contribution in [0.25, 0.3) is 0 Å². The second kappa shape index (κ2) is 8.17. The Labute approximate surface area is 129 Å². The van der Waals surface area contributed by atoms with Crippen molar-refractivity contribution in [3.05, 3.63) is 12.2 Å². The molecule has 0 saturated carbocycles. The number of carbonyl (C=O) groups excluding carboxylic acids is 2. The van der Waals surface area contributed by atoms with Crippen molar-refractivity contribution in [2.45, 2.75) is 46.1 Å². The minimum absolute atomic E-state index is 0.0959. The highest BCUT2D eigenvalue weighted by Gasteiger charge is 2.25. The van der Waals surface area contributed by atoms with Gasteiger partial charge in [-0.15, -0.1) is 0 Å². The highest BCUT2D eigenvalue weighted by Crippen LogP contribution is 2.13. The van der Waals surface area contributed by atoms with Crippen LogP contribution in [0, 0.1) is 0 Å². The smallest absolute Gasteiger partial charge is 0.246 e. The molecule has 0 aliphatic heterocycles. The number of nitrogens with one attached hydrogen (secondary N) is 2. The van der Waals surface area contributed by atoms with Gasteiger partial charge in [0.1, 0.15) is 0 Å². The van der Waals surface area contributed by atoms with Crippen molar-refractivity contribution in [1.82, 2.24) is 10.6 Å². The molecular weight excluding hydrogens is 266 g/mol. The zero-order valence-corrected chi connectivity index (χ0v) is 14.5. The maximum absolute atomic E-state index is 11.7. The minimum atomic E-state index is -0.281. The van der Waals surface area contributed by atoms with Gasteiger partial charge >= 0.3 is 0 Å². The Morgan fingerprint density at radius 2 is 1.76 bits per heavy atom. The number of nitrogens with zero attached hydrogens (tertiary/aromatic N) is 1. The number of rotatable bonds is 9. The first-order valence-corrected chi connectivity index (χ1v) is 7.56. The van der Waals surface area contributed by atoms with Crippen molar-refractivity contribution in [2.24, 2.45) is 0 Å². The van der Waals surface area contributed by atoms with Gasteiger partial charge in [0.2, 0.25) is 11.8 Å². The lowest BCUT2D eigenvalue weighted by molar-refractivity contribution is -0.890. The maximum atomic E-state index is 11.7. The molecule has 21 heavy (non-hydrogen) atoms. The van der Waals surface area contributed by atoms with Crippen LogP contribution in [-0.2, 0) is 9.59 Å². The lowest BCUT2D eigenvalue weighted by Gasteiger charge is -2.34. The van der Waals surface area contributed by atoms with E-state index < -0.39 is 0 Å². The summed E-state index contributed by atoms with van der Waals surface area (Å²) in [5.74, 6) is -0.00817. The summed E-state index contributed by atoms with van der Waals surface area (Å²) in [5.41, 5.74) is 0.241. The molecule has 5 nitrogen and oxygen atoms in total. The number of quaternary nitrogens is 1. The second-order valence-electron chi connectivity index (χ2n) is 6.95. The Bertz CT molecular complexity index is 387. The Balaban J connectivity index is 4.30. The van der Waals surface area contributed by atoms with Crippen molar-refractivity contribution in [2.75, 3.05) is 33.7 Å². The molecule has 0 unspecified atom stereocenters. The van der Waals surface area contributed by atoms with Crippen LogP contribution in [0.15, 0.2) is 12.2 Å². The van der Waals surface area contributed by atoms with E-state index in [-0.39, 0.29) is 17.4 Å². The van der Waals surface area contributed by atoms with Crippen molar-refractivity contribution in [3.8, 4) is 0 Å². The van der Waals surface area contributed by atoms with Gasteiger partial charge in [-0.3, -0.25) is 9.59 Å². The zero-order valence-electron chi connectivity index (χ0n) is 14.5. The lowest BCUT2D eigenvalue weighted by atomic mass is 9.99. The molecule has 0 atom stereocenters. The van der Waals surface area contributed by atoms with E-state index in [1.165, 1.54) is 0 Å². The van der Waals surface area contributed by atoms with Crippen molar-refractivity contribution >= 4 is 11.8 Å². The molecule has 0 aromatic carbocycles. The van der Waals surface area contributed by atoms with Crippen LogP contribution in [-0.4, -0.2) is 55.6 Å². The molecule has 2 amide bonds. The molecule has 0 aromatic heterocycles. The Morgan fingerprint density at radius 3 is 2.24 bits per heavy atom. The molecule has 0 saturated heterocycles. The highest BCUT2D eigenvalue weighted by molar-refractivity contribution is 5.92. The maximum Gasteiger partial charge on any atom is 0.246 e. The first kappa shape index (κ1) is 19.6. The van der Waals surface area contributed by atoms with Crippen LogP contribution in [0.2, 0.25) is 0 Å². The summed E-state index contributed by atoms with van der Waals surface area (Å²) in [6, 6.07) is 0. The highest BCUT2D eigenvalue weighted by atomic mass is 16.2. The predicted molar refractivity (Wildman–Crippen MR) is 86.8 cm³/mol. The van der Waals surface area contributed by atoms with E-state index in [0.717, 1.165) is 24.0 Å². The van der Waals surface area contributed by atoms with E-state index in [0.29, 0.717) is 18.5 Å². The summed E-state index contributed by atoms with van der Waals surface area (Å²) >= 11 is 0. The van der Waals surface area contributed by atoms with E-state index >= 15 is 0 Å². The standard InChI is InChI=1S/C16H31N3O2/c1-8-17-14(20)9-11-19(6,7)12-10-16(4,5)18-15(21)13(2)3/h2,8-12H2,1,3-7H3,(H-,17,18,20,21)/p+1. The summed E-state index contributed by atoms with van der Waals surface area (Å²) in [6.07, 6.45) is 1.37. The van der Waals surface area contributed by atoms with Crippen LogP contribution in [0.5, 0.6) is 0 Å². The van der Waals surface area contributed by atoms with Crippen LogP contribution < -0.4 is 10.6 Å². The molecule has 0 rings (SSSR count). The van der Waals surface area contributed by atoms with Gasteiger partial charge in [-0.05, 0) is 27.7 Å². The summed E-state index contributed by atoms with van der Waals surface area (Å²) in [5, 5.41) is 5.80. The topological polar surface area (TPSA) is 58.2 Å². The van der Waals surface area contributed by atoms with Gasteiger partial charge in [0.15, 0.2) is 0 Å². The second-order valence-corrected chi connectivity index (χ2v) is 6.95. The largest absolute Gasteiger partial charge is 0.356 e. The van der Waals surface area contributed by atoms with Gasteiger partial charge in [0.05, 0.1) is 33.6 Å². The number of hydrogen-bond acceptors (Lipinski definition) is 2. The summed E-state index contributed by atoms with van der Waals surface area (Å²) in [6.45, 7) is 13.7. The van der Waals surface area contributed by atoms with Crippen molar-refractivity contribution < 1.29 is 14.1 Å². The molecule has 0 bridgehead atoms. The third-order valence-corrected chi connectivity index (χ3v) is 3.50. The molecule has 0 aliphatic rings. The minimum Gasteiger partial charge on any atom is -0.356 e. The molecule has 0 spiro atoms. The lowest BCUT2D eigenvalue weighted by Crippen LogP contribution is -2.50. The molecule has 0 heterocycles. The van der Waals surface area contributed by atoms with Crippen LogP contribution >= 0.6 is 0 Å². The van der Waals surface area contributed by atoms with E-state index in [1.54, 1.807) is 6.92 Å². The van der Waals surface area contributed by atoms with E-state index in [9.17, 15) is 9.59 Å². The summed E-state index contributed by atoms with van der Waals surface area (Å²) in [4.78, 5) is 23.2. The fraction of sp³-hybridized carbons (Fsp3) is 0.750. The van der Waals surface area contributed by atoms with Gasteiger partial charge in [0.25, 0.3) is 0 Å². The first-order chi connectivity index (χ1) is 9.49. The molecule has 5 heteroatoms. The first-order valence-electron chi connectivity index (χ1n) is 7.56. The molecule has 0 radical (unpaired) electrons. The van der Waals surface area contributed by atoms with E-state index in [2.05, 4.69) is 31.3 Å². The van der Waals surface area contributed by atoms with Gasteiger partial charge < -0.3 is 15.1 Å². The van der Waals surface area contributed by atoms with E-state index in [4.69, 9.17) is 0 Å². The van der Waals surface area contributed by atoms with Crippen LogP contribution in [0.3, 0.4) is 0 Å². The van der Waals surface area contributed by atoms with Gasteiger partial charge in [0, 0.05) is 24.1 Å². The molecule has 0 aliphatic carbocycles. The van der Waals surface area contributed by atoms with Crippen LogP contribution in [0.1, 0.15) is 40.5 Å². The van der Waals surface area contributed by atoms with Crippen LogP contribution in [0.4, 0.5) is 0 Å². The molecule has 0 fully saturated rings. The van der Waals surface area contributed by atoms with Gasteiger partial charge in [-0.2, -0.15) is 0 Å². The number of carbonyl (C=O) groups is 2. The predicted octanol–water partition coefficient (Wildman–Crippen LogP) is 1.45. The molecule has 122 valence electrons. The van der Waals surface area contributed by atoms with Crippen molar-refractivity contribution in [1.29, 1.82) is 0 Å². The summed E-state index contributed by atoms with van der Waals surface area (Å²) < 4.78 is 0.753. The number of amides is 2. The Kier molecular flexibility index (Phi) is 7.64. The third-order valence-electron chi connectivity index (χ3n) is 3.50. The summed E-state index contributed by atoms with van der Waals surface area (Å²) in [7, 11) is 4.21. The number of hydrogen-bond donors (Lipinski definition) is 2. The molecule has 0 aromatic rings. The Morgan fingerprint density at radius 1 is 1.19 bits per heavy atom. The monoisotopic (exact) mass is 298 g/mol. The quantitative estimate of drug-likeness (QED) is 0.500.